The topological polar surface area (TPSA) is 72.3 Å². The van der Waals surface area contributed by atoms with E-state index in [1.165, 1.54) is 17.2 Å². The lowest BCUT2D eigenvalue weighted by atomic mass is 10.1. The van der Waals surface area contributed by atoms with E-state index >= 15 is 0 Å². The van der Waals surface area contributed by atoms with Crippen LogP contribution >= 0.6 is 24.2 Å². The van der Waals surface area contributed by atoms with E-state index in [9.17, 15) is 13.2 Å². The van der Waals surface area contributed by atoms with Crippen LogP contribution in [0.2, 0.25) is 0 Å². The van der Waals surface area contributed by atoms with Crippen LogP contribution in [0.5, 0.6) is 0 Å². The Balaban J connectivity index is 0.00000274. The Bertz CT molecular complexity index is 1310. The summed E-state index contributed by atoms with van der Waals surface area (Å²) < 4.78 is 43.9. The first-order valence-corrected chi connectivity index (χ1v) is 11.8. The van der Waals surface area contributed by atoms with E-state index in [-0.39, 0.29) is 30.6 Å². The molecule has 1 aliphatic heterocycles. The number of aromatic nitrogens is 4. The number of pyridine rings is 2. The molecule has 0 bridgehead atoms. The van der Waals surface area contributed by atoms with Gasteiger partial charge in [-0.05, 0) is 35.9 Å². The fourth-order valence-electron chi connectivity index (χ4n) is 4.42. The summed E-state index contributed by atoms with van der Waals surface area (Å²) in [6.45, 7) is 2.59. The number of hydrogen-bond acceptors (Lipinski definition) is 6. The van der Waals surface area contributed by atoms with E-state index in [1.807, 2.05) is 30.3 Å². The summed E-state index contributed by atoms with van der Waals surface area (Å²) in [5.41, 5.74) is 7.89. The number of benzene rings is 1. The Labute approximate surface area is 205 Å². The monoisotopic (exact) mass is 508 g/mol. The molecule has 34 heavy (non-hydrogen) atoms. The number of rotatable bonds is 5. The lowest BCUT2D eigenvalue weighted by molar-refractivity contribution is -0.183. The van der Waals surface area contributed by atoms with Crippen LogP contribution in [0.25, 0.3) is 28.1 Å². The molecule has 5 rings (SSSR count). The minimum atomic E-state index is -4.43. The van der Waals surface area contributed by atoms with E-state index in [2.05, 4.69) is 17.1 Å². The van der Waals surface area contributed by atoms with Gasteiger partial charge in [-0.3, -0.25) is 9.30 Å². The van der Waals surface area contributed by atoms with Crippen molar-refractivity contribution in [2.24, 2.45) is 5.73 Å². The molecular formula is C23H24ClF3N6S. The predicted octanol–water partition coefficient (Wildman–Crippen LogP) is 5.11. The summed E-state index contributed by atoms with van der Waals surface area (Å²) in [4.78, 5) is 7.25. The molecule has 1 fully saturated rings. The van der Waals surface area contributed by atoms with Crippen LogP contribution in [0, 0.1) is 0 Å². The highest BCUT2D eigenvalue weighted by atomic mass is 35.5. The van der Waals surface area contributed by atoms with Gasteiger partial charge in [-0.2, -0.15) is 13.2 Å². The molecule has 4 heterocycles. The Morgan fingerprint density at radius 2 is 1.97 bits per heavy atom. The summed E-state index contributed by atoms with van der Waals surface area (Å²) in [7, 11) is 0. The van der Waals surface area contributed by atoms with Gasteiger partial charge < -0.3 is 5.73 Å². The van der Waals surface area contributed by atoms with Crippen LogP contribution in [-0.2, 0) is 0 Å². The van der Waals surface area contributed by atoms with Crippen LogP contribution in [-0.4, -0.2) is 55.5 Å². The largest absolute Gasteiger partial charge is 0.408 e. The Morgan fingerprint density at radius 1 is 1.15 bits per heavy atom. The van der Waals surface area contributed by atoms with Gasteiger partial charge in [0.1, 0.15) is 11.7 Å². The normalized spacial score (nSPS) is 17.9. The molecule has 1 aromatic carbocycles. The van der Waals surface area contributed by atoms with Gasteiger partial charge in [0.2, 0.25) is 0 Å². The molecule has 11 heteroatoms. The number of thioether (sulfide) groups is 1. The van der Waals surface area contributed by atoms with E-state index in [1.54, 1.807) is 22.2 Å². The van der Waals surface area contributed by atoms with Crippen LogP contribution in [0.3, 0.4) is 0 Å². The number of nitrogens with two attached hydrogens (primary N) is 1. The minimum absolute atomic E-state index is 0. The molecule has 3 aromatic heterocycles. The van der Waals surface area contributed by atoms with Crippen molar-refractivity contribution < 1.29 is 13.2 Å². The molecule has 1 aliphatic rings. The molecule has 6 nitrogen and oxygen atoms in total. The van der Waals surface area contributed by atoms with Gasteiger partial charge >= 0.3 is 6.18 Å². The van der Waals surface area contributed by atoms with Crippen LogP contribution in [0.1, 0.15) is 24.9 Å². The van der Waals surface area contributed by atoms with Gasteiger partial charge in [-0.15, -0.1) is 34.4 Å². The van der Waals surface area contributed by atoms with E-state index < -0.39 is 12.2 Å². The Hall–Kier alpha value is -2.40. The zero-order valence-electron chi connectivity index (χ0n) is 18.4. The second-order valence-electron chi connectivity index (χ2n) is 8.16. The number of para-hydroxylation sites is 1. The zero-order valence-corrected chi connectivity index (χ0v) is 20.0. The first kappa shape index (κ1) is 24.7. The number of alkyl halides is 3. The summed E-state index contributed by atoms with van der Waals surface area (Å²) in [5, 5.41) is 9.40. The van der Waals surface area contributed by atoms with Crippen molar-refractivity contribution >= 4 is 40.7 Å². The fourth-order valence-corrected chi connectivity index (χ4v) is 5.20. The third-order valence-corrected chi connectivity index (χ3v) is 6.81. The average Bonchev–Trinajstić information content (AvgIpc) is 3.39. The molecule has 0 radical (unpaired) electrons. The van der Waals surface area contributed by atoms with Crippen LogP contribution < -0.4 is 5.73 Å². The molecule has 2 N–H and O–H groups in total. The van der Waals surface area contributed by atoms with Crippen molar-refractivity contribution in [3.63, 3.8) is 0 Å². The van der Waals surface area contributed by atoms with E-state index in [0.29, 0.717) is 30.1 Å². The van der Waals surface area contributed by atoms with Gasteiger partial charge in [0.15, 0.2) is 11.5 Å². The number of hydrogen-bond donors (Lipinski definition) is 1. The number of likely N-dealkylation sites (tertiary alicyclic amines) is 1. The molecule has 0 saturated carbocycles. The summed E-state index contributed by atoms with van der Waals surface area (Å²) in [6, 6.07) is 10.8. The molecule has 2 atom stereocenters. The van der Waals surface area contributed by atoms with E-state index in [0.717, 1.165) is 21.6 Å². The molecule has 0 aliphatic carbocycles. The average molecular weight is 509 g/mol. The first-order chi connectivity index (χ1) is 15.8. The second-order valence-corrected chi connectivity index (χ2v) is 9.47. The van der Waals surface area contributed by atoms with Crippen molar-refractivity contribution in [2.45, 2.75) is 36.5 Å². The SMILES string of the molecule is CCSc1cccc2ccc(-c3nnc4ccc([C@@H](N5CC[C@H](N)C5)C(F)(F)F)cn34)nc12.Cl. The molecular weight excluding hydrogens is 485 g/mol. The van der Waals surface area contributed by atoms with Gasteiger partial charge in [0.05, 0.1) is 5.52 Å². The lowest BCUT2D eigenvalue weighted by Crippen LogP contribution is -2.38. The van der Waals surface area contributed by atoms with E-state index in [4.69, 9.17) is 10.7 Å². The summed E-state index contributed by atoms with van der Waals surface area (Å²) >= 11 is 1.69. The van der Waals surface area contributed by atoms with Crippen molar-refractivity contribution in [1.82, 2.24) is 24.5 Å². The minimum Gasteiger partial charge on any atom is -0.326 e. The highest BCUT2D eigenvalue weighted by Gasteiger charge is 2.46. The number of halogens is 4. The highest BCUT2D eigenvalue weighted by molar-refractivity contribution is 7.99. The smallest absolute Gasteiger partial charge is 0.326 e. The number of nitrogens with zero attached hydrogens (tertiary/aromatic N) is 5. The van der Waals surface area contributed by atoms with Crippen molar-refractivity contribution in [3.05, 3.63) is 54.2 Å². The second kappa shape index (κ2) is 9.69. The maximum Gasteiger partial charge on any atom is 0.408 e. The molecule has 0 amide bonds. The van der Waals surface area contributed by atoms with Gasteiger partial charge in [-0.1, -0.05) is 31.2 Å². The quantitative estimate of drug-likeness (QED) is 0.377. The van der Waals surface area contributed by atoms with Crippen molar-refractivity contribution in [1.29, 1.82) is 0 Å². The summed E-state index contributed by atoms with van der Waals surface area (Å²) in [6.07, 6.45) is -2.41. The summed E-state index contributed by atoms with van der Waals surface area (Å²) in [5.74, 6) is 1.31. The standard InChI is InChI=1S/C23H23F3N6S.ClH/c1-2-33-18-5-3-4-14-6-8-17(28-20(14)18)22-30-29-19-9-7-15(12-32(19)22)21(23(24,25)26)31-11-10-16(27)13-31;/h3-9,12,16,21H,2,10-11,13,27H2,1H3;1H/t16-,21+;/m0./s1. The van der Waals surface area contributed by atoms with Crippen molar-refractivity contribution in [2.75, 3.05) is 18.8 Å². The molecule has 0 unspecified atom stereocenters. The van der Waals surface area contributed by atoms with Crippen LogP contribution in [0.15, 0.2) is 53.6 Å². The van der Waals surface area contributed by atoms with Crippen LogP contribution in [0.4, 0.5) is 13.2 Å². The maximum absolute atomic E-state index is 14.1. The molecule has 0 spiro atoms. The first-order valence-electron chi connectivity index (χ1n) is 10.8. The predicted molar refractivity (Wildman–Crippen MR) is 130 cm³/mol. The van der Waals surface area contributed by atoms with Gasteiger partial charge in [-0.25, -0.2) is 4.98 Å². The lowest BCUT2D eigenvalue weighted by Gasteiger charge is -2.30. The Kier molecular flexibility index (Phi) is 7.04. The third kappa shape index (κ3) is 4.59. The third-order valence-electron chi connectivity index (χ3n) is 5.88. The number of fused-ring (bicyclic) bond motifs is 2. The van der Waals surface area contributed by atoms with Gasteiger partial charge in [0, 0.05) is 35.6 Å². The fraction of sp³-hybridized carbons (Fsp3) is 0.348. The Morgan fingerprint density at radius 3 is 2.68 bits per heavy atom. The zero-order chi connectivity index (χ0) is 23.2. The molecule has 4 aromatic rings. The van der Waals surface area contributed by atoms with Gasteiger partial charge in [0.25, 0.3) is 0 Å². The molecule has 1 saturated heterocycles. The molecule has 180 valence electrons. The maximum atomic E-state index is 14.1. The highest BCUT2D eigenvalue weighted by Crippen LogP contribution is 2.39. The van der Waals surface area contributed by atoms with Crippen molar-refractivity contribution in [3.8, 4) is 11.5 Å².